The molecule has 1 amide bonds. The standard InChI is InChI=1S/C22H20ClN3O4/c1-13-9-22(28)30-18-11-19(15(23)10-14(13)18)29-12-21(27)24-8-4-7-20-25-16-5-2-3-6-17(16)26-20/h2-3,5-6,9-11H,4,7-8,12H2,1H3,(H,24,27)(H,25,26). The Morgan fingerprint density at radius 1 is 1.27 bits per heavy atom. The van der Waals surface area contributed by atoms with E-state index in [9.17, 15) is 9.59 Å². The highest BCUT2D eigenvalue weighted by Crippen LogP contribution is 2.30. The van der Waals surface area contributed by atoms with E-state index < -0.39 is 5.63 Å². The first-order valence-electron chi connectivity index (χ1n) is 9.57. The molecule has 7 nitrogen and oxygen atoms in total. The van der Waals surface area contributed by atoms with Crippen LogP contribution in [0.1, 0.15) is 17.8 Å². The lowest BCUT2D eigenvalue weighted by atomic mass is 10.1. The van der Waals surface area contributed by atoms with E-state index in [1.54, 1.807) is 13.0 Å². The van der Waals surface area contributed by atoms with E-state index in [4.69, 9.17) is 20.8 Å². The van der Waals surface area contributed by atoms with E-state index in [-0.39, 0.29) is 18.3 Å². The van der Waals surface area contributed by atoms with Crippen LogP contribution in [0.4, 0.5) is 0 Å². The van der Waals surface area contributed by atoms with Crippen molar-refractivity contribution < 1.29 is 13.9 Å². The van der Waals surface area contributed by atoms with Crippen LogP contribution >= 0.6 is 11.6 Å². The Kier molecular flexibility index (Phi) is 5.72. The summed E-state index contributed by atoms with van der Waals surface area (Å²) in [5, 5.41) is 3.88. The number of aromatic amines is 1. The second kappa shape index (κ2) is 8.59. The van der Waals surface area contributed by atoms with Crippen molar-refractivity contribution in [2.75, 3.05) is 13.2 Å². The van der Waals surface area contributed by atoms with Gasteiger partial charge in [0, 0.05) is 30.5 Å². The number of carbonyl (C=O) groups is 1. The molecule has 2 aromatic carbocycles. The fraction of sp³-hybridized carbons (Fsp3) is 0.227. The average molecular weight is 426 g/mol. The van der Waals surface area contributed by atoms with Gasteiger partial charge in [0.2, 0.25) is 0 Å². The molecule has 0 atom stereocenters. The number of benzene rings is 2. The monoisotopic (exact) mass is 425 g/mol. The number of hydrogen-bond donors (Lipinski definition) is 2. The minimum Gasteiger partial charge on any atom is -0.482 e. The number of nitrogens with zero attached hydrogens (tertiary/aromatic N) is 1. The second-order valence-electron chi connectivity index (χ2n) is 6.97. The Morgan fingerprint density at radius 3 is 2.93 bits per heavy atom. The number of amides is 1. The SMILES string of the molecule is Cc1cc(=O)oc2cc(OCC(=O)NCCCc3nc4ccccc4[nH]3)c(Cl)cc12. The van der Waals surface area contributed by atoms with Crippen LogP contribution in [-0.2, 0) is 11.2 Å². The molecule has 0 aliphatic heterocycles. The lowest BCUT2D eigenvalue weighted by Gasteiger charge is -2.10. The number of fused-ring (bicyclic) bond motifs is 2. The third-order valence-corrected chi connectivity index (χ3v) is 5.01. The number of aryl methyl sites for hydroxylation is 2. The third kappa shape index (κ3) is 4.46. The highest BCUT2D eigenvalue weighted by atomic mass is 35.5. The smallest absolute Gasteiger partial charge is 0.336 e. The zero-order chi connectivity index (χ0) is 21.1. The van der Waals surface area contributed by atoms with Crippen LogP contribution in [0.2, 0.25) is 5.02 Å². The quantitative estimate of drug-likeness (QED) is 0.347. The topological polar surface area (TPSA) is 97.2 Å². The number of halogens is 1. The number of ether oxygens (including phenoxy) is 1. The number of nitrogens with one attached hydrogen (secondary N) is 2. The normalized spacial score (nSPS) is 11.1. The largest absolute Gasteiger partial charge is 0.482 e. The van der Waals surface area contributed by atoms with Gasteiger partial charge < -0.3 is 19.5 Å². The summed E-state index contributed by atoms with van der Waals surface area (Å²) in [6.07, 6.45) is 1.47. The van der Waals surface area contributed by atoms with Crippen molar-refractivity contribution in [3.05, 3.63) is 69.3 Å². The summed E-state index contributed by atoms with van der Waals surface area (Å²) in [7, 11) is 0. The number of rotatable bonds is 7. The number of hydrogen-bond acceptors (Lipinski definition) is 5. The number of H-pyrrole nitrogens is 1. The van der Waals surface area contributed by atoms with E-state index in [2.05, 4.69) is 15.3 Å². The van der Waals surface area contributed by atoms with Crippen LogP contribution < -0.4 is 15.7 Å². The van der Waals surface area contributed by atoms with Gasteiger partial charge in [-0.05, 0) is 37.1 Å². The minimum absolute atomic E-state index is 0.189. The molecule has 2 aromatic heterocycles. The number of aromatic nitrogens is 2. The molecule has 0 saturated carbocycles. The fourth-order valence-corrected chi connectivity index (χ4v) is 3.45. The summed E-state index contributed by atoms with van der Waals surface area (Å²) in [5.74, 6) is 0.915. The number of imidazole rings is 1. The zero-order valence-corrected chi connectivity index (χ0v) is 17.1. The molecule has 0 fully saturated rings. The molecule has 4 aromatic rings. The Labute approximate surface area is 177 Å². The van der Waals surface area contributed by atoms with Crippen LogP contribution in [0.5, 0.6) is 5.75 Å². The van der Waals surface area contributed by atoms with Gasteiger partial charge in [-0.1, -0.05) is 23.7 Å². The Morgan fingerprint density at radius 2 is 2.10 bits per heavy atom. The lowest BCUT2D eigenvalue weighted by molar-refractivity contribution is -0.123. The summed E-state index contributed by atoms with van der Waals surface area (Å²) in [5.41, 5.74) is 2.62. The average Bonchev–Trinajstić information content (AvgIpc) is 3.13. The van der Waals surface area contributed by atoms with Gasteiger partial charge >= 0.3 is 5.63 Å². The minimum atomic E-state index is -0.449. The molecule has 0 aliphatic rings. The van der Waals surface area contributed by atoms with Crippen molar-refractivity contribution in [2.45, 2.75) is 19.8 Å². The van der Waals surface area contributed by atoms with Gasteiger partial charge in [-0.15, -0.1) is 0 Å². The third-order valence-electron chi connectivity index (χ3n) is 4.71. The maximum atomic E-state index is 12.1. The van der Waals surface area contributed by atoms with Gasteiger partial charge in [0.15, 0.2) is 6.61 Å². The van der Waals surface area contributed by atoms with Crippen molar-refractivity contribution in [3.8, 4) is 5.75 Å². The summed E-state index contributed by atoms with van der Waals surface area (Å²) < 4.78 is 10.7. The Balaban J connectivity index is 1.28. The van der Waals surface area contributed by atoms with E-state index in [0.29, 0.717) is 17.2 Å². The van der Waals surface area contributed by atoms with Gasteiger partial charge in [0.1, 0.15) is 17.2 Å². The molecule has 0 bridgehead atoms. The summed E-state index contributed by atoms with van der Waals surface area (Å²) in [6, 6.07) is 12.4. The van der Waals surface area contributed by atoms with Crippen molar-refractivity contribution in [1.82, 2.24) is 15.3 Å². The molecular weight excluding hydrogens is 406 g/mol. The lowest BCUT2D eigenvalue weighted by Crippen LogP contribution is -2.30. The van der Waals surface area contributed by atoms with Crippen molar-refractivity contribution in [3.63, 3.8) is 0 Å². The predicted octanol–water partition coefficient (Wildman–Crippen LogP) is 3.76. The van der Waals surface area contributed by atoms with Crippen LogP contribution in [0, 0.1) is 6.92 Å². The zero-order valence-electron chi connectivity index (χ0n) is 16.3. The highest BCUT2D eigenvalue weighted by molar-refractivity contribution is 6.32. The molecule has 154 valence electrons. The van der Waals surface area contributed by atoms with E-state index in [1.165, 1.54) is 12.1 Å². The van der Waals surface area contributed by atoms with Crippen LogP contribution in [0.3, 0.4) is 0 Å². The first-order chi connectivity index (χ1) is 14.5. The summed E-state index contributed by atoms with van der Waals surface area (Å²) >= 11 is 6.24. The number of para-hydroxylation sites is 2. The van der Waals surface area contributed by atoms with Gasteiger partial charge in [0.25, 0.3) is 5.91 Å². The molecule has 0 aliphatic carbocycles. The fourth-order valence-electron chi connectivity index (χ4n) is 3.23. The second-order valence-corrected chi connectivity index (χ2v) is 7.38. The molecule has 0 spiro atoms. The molecule has 0 radical (unpaired) electrons. The maximum Gasteiger partial charge on any atom is 0.336 e. The first kappa shape index (κ1) is 20.0. The van der Waals surface area contributed by atoms with Gasteiger partial charge in [-0.3, -0.25) is 4.79 Å². The van der Waals surface area contributed by atoms with Gasteiger partial charge in [-0.25, -0.2) is 9.78 Å². The molecule has 0 saturated heterocycles. The van der Waals surface area contributed by atoms with Gasteiger partial charge in [0.05, 0.1) is 16.1 Å². The van der Waals surface area contributed by atoms with Crippen LogP contribution in [0.25, 0.3) is 22.0 Å². The molecule has 2 N–H and O–H groups in total. The molecule has 30 heavy (non-hydrogen) atoms. The first-order valence-corrected chi connectivity index (χ1v) is 9.94. The predicted molar refractivity (Wildman–Crippen MR) is 115 cm³/mol. The Bertz CT molecular complexity index is 1250. The molecule has 0 unspecified atom stereocenters. The van der Waals surface area contributed by atoms with Gasteiger partial charge in [-0.2, -0.15) is 0 Å². The van der Waals surface area contributed by atoms with E-state index in [0.717, 1.165) is 40.6 Å². The maximum absolute atomic E-state index is 12.1. The summed E-state index contributed by atoms with van der Waals surface area (Å²) in [6.45, 7) is 2.11. The summed E-state index contributed by atoms with van der Waals surface area (Å²) in [4.78, 5) is 31.4. The van der Waals surface area contributed by atoms with E-state index >= 15 is 0 Å². The molecular formula is C22H20ClN3O4. The van der Waals surface area contributed by atoms with Crippen LogP contribution in [0.15, 0.2) is 51.7 Å². The Hall–Kier alpha value is -3.32. The molecule has 2 heterocycles. The molecule has 8 heteroatoms. The van der Waals surface area contributed by atoms with Crippen molar-refractivity contribution in [2.24, 2.45) is 0 Å². The molecule has 4 rings (SSSR count). The van der Waals surface area contributed by atoms with E-state index in [1.807, 2.05) is 24.3 Å². The van der Waals surface area contributed by atoms with Crippen molar-refractivity contribution in [1.29, 1.82) is 0 Å². The number of carbonyl (C=O) groups excluding carboxylic acids is 1. The highest BCUT2D eigenvalue weighted by Gasteiger charge is 2.11. The van der Waals surface area contributed by atoms with Crippen LogP contribution in [-0.4, -0.2) is 29.0 Å². The van der Waals surface area contributed by atoms with Crippen molar-refractivity contribution >= 4 is 39.5 Å².